The monoisotopic (exact) mass is 296 g/mol. The first kappa shape index (κ1) is 16.5. The second-order valence-corrected chi connectivity index (χ2v) is 4.07. The molecule has 1 aromatic rings. The second kappa shape index (κ2) is 7.28. The molecule has 21 heavy (non-hydrogen) atoms. The maximum Gasteiger partial charge on any atom is 0.342 e. The van der Waals surface area contributed by atoms with Crippen LogP contribution in [0, 0.1) is 0 Å². The van der Waals surface area contributed by atoms with Gasteiger partial charge in [0, 0.05) is 12.0 Å². The van der Waals surface area contributed by atoms with Crippen LogP contribution in [-0.4, -0.2) is 44.7 Å². The highest BCUT2D eigenvalue weighted by atomic mass is 16.5. The Morgan fingerprint density at radius 3 is 2.38 bits per heavy atom. The molecule has 0 radical (unpaired) electrons. The van der Waals surface area contributed by atoms with Crippen molar-refractivity contribution in [3.05, 3.63) is 22.8 Å². The number of esters is 2. The van der Waals surface area contributed by atoms with Gasteiger partial charge in [0.15, 0.2) is 17.8 Å². The molecule has 0 amide bonds. The lowest BCUT2D eigenvalue weighted by molar-refractivity contribution is -0.140. The van der Waals surface area contributed by atoms with E-state index in [1.165, 1.54) is 20.3 Å². The molecule has 0 fully saturated rings. The zero-order valence-electron chi connectivity index (χ0n) is 12.0. The van der Waals surface area contributed by atoms with E-state index in [2.05, 4.69) is 9.47 Å². The van der Waals surface area contributed by atoms with E-state index in [9.17, 15) is 19.5 Å². The van der Waals surface area contributed by atoms with Gasteiger partial charge in [-0.25, -0.2) is 4.79 Å². The zero-order valence-corrected chi connectivity index (χ0v) is 12.0. The van der Waals surface area contributed by atoms with Gasteiger partial charge < -0.3 is 19.3 Å². The van der Waals surface area contributed by atoms with Gasteiger partial charge in [0.25, 0.3) is 0 Å². The van der Waals surface area contributed by atoms with Crippen molar-refractivity contribution in [3.63, 3.8) is 0 Å². The molecular weight excluding hydrogens is 280 g/mol. The summed E-state index contributed by atoms with van der Waals surface area (Å²) in [5.74, 6) is -1.74. The number of hydrogen-bond acceptors (Lipinski definition) is 7. The lowest BCUT2D eigenvalue weighted by Crippen LogP contribution is -2.10. The van der Waals surface area contributed by atoms with Gasteiger partial charge in [-0.15, -0.1) is 0 Å². The molecule has 1 rings (SSSR count). The number of phenolic OH excluding ortho intramolecular Hbond substituents is 1. The van der Waals surface area contributed by atoms with Crippen molar-refractivity contribution in [2.24, 2.45) is 0 Å². The van der Waals surface area contributed by atoms with Crippen LogP contribution in [0.5, 0.6) is 11.5 Å². The molecule has 0 spiro atoms. The van der Waals surface area contributed by atoms with Gasteiger partial charge >= 0.3 is 11.9 Å². The molecule has 0 heterocycles. The van der Waals surface area contributed by atoms with E-state index < -0.39 is 11.9 Å². The molecule has 7 nitrogen and oxygen atoms in total. The van der Waals surface area contributed by atoms with Crippen molar-refractivity contribution in [2.45, 2.75) is 12.8 Å². The van der Waals surface area contributed by atoms with Crippen LogP contribution in [0.15, 0.2) is 6.07 Å². The van der Waals surface area contributed by atoms with E-state index in [1.807, 2.05) is 0 Å². The molecule has 0 bridgehead atoms. The number of carbonyl (C=O) groups is 3. The molecule has 0 aliphatic carbocycles. The minimum absolute atomic E-state index is 0.0105. The molecule has 114 valence electrons. The van der Waals surface area contributed by atoms with Crippen LogP contribution < -0.4 is 4.74 Å². The Morgan fingerprint density at radius 1 is 1.24 bits per heavy atom. The third-order valence-corrected chi connectivity index (χ3v) is 2.91. The van der Waals surface area contributed by atoms with E-state index in [4.69, 9.17) is 4.74 Å². The average Bonchev–Trinajstić information content (AvgIpc) is 2.51. The summed E-state index contributed by atoms with van der Waals surface area (Å²) in [6, 6.07) is 1.32. The molecule has 0 atom stereocenters. The summed E-state index contributed by atoms with van der Waals surface area (Å²) >= 11 is 0. The van der Waals surface area contributed by atoms with Crippen LogP contribution in [0.3, 0.4) is 0 Å². The maximum atomic E-state index is 11.7. The Bertz CT molecular complexity index is 563. The normalized spacial score (nSPS) is 9.86. The molecule has 0 saturated carbocycles. The molecule has 0 aliphatic rings. The van der Waals surface area contributed by atoms with Crippen LogP contribution >= 0.6 is 0 Å². The Labute approximate surface area is 121 Å². The molecule has 0 aliphatic heterocycles. The van der Waals surface area contributed by atoms with E-state index in [0.29, 0.717) is 11.8 Å². The third-order valence-electron chi connectivity index (χ3n) is 2.91. The summed E-state index contributed by atoms with van der Waals surface area (Å²) in [4.78, 5) is 34.0. The Morgan fingerprint density at radius 2 is 1.90 bits per heavy atom. The number of ether oxygens (including phenoxy) is 3. The van der Waals surface area contributed by atoms with Gasteiger partial charge in [0.1, 0.15) is 5.56 Å². The molecule has 0 unspecified atom stereocenters. The molecule has 1 aromatic carbocycles. The lowest BCUT2D eigenvalue weighted by Gasteiger charge is -2.14. The van der Waals surface area contributed by atoms with Crippen LogP contribution in [0.2, 0.25) is 0 Å². The molecular formula is C14H16O7. The maximum absolute atomic E-state index is 11.7. The fraction of sp³-hybridized carbons (Fsp3) is 0.357. The number of aryl methyl sites for hydroxylation is 1. The van der Waals surface area contributed by atoms with Crippen LogP contribution in [-0.2, 0) is 20.7 Å². The Kier molecular flexibility index (Phi) is 5.71. The van der Waals surface area contributed by atoms with E-state index in [-0.39, 0.29) is 35.5 Å². The van der Waals surface area contributed by atoms with E-state index in [0.717, 1.165) is 7.11 Å². The minimum atomic E-state index is -0.802. The number of carbonyl (C=O) groups excluding carboxylic acids is 3. The first-order chi connectivity index (χ1) is 9.99. The zero-order chi connectivity index (χ0) is 16.0. The highest BCUT2D eigenvalue weighted by Crippen LogP contribution is 2.37. The number of aldehydes is 1. The highest BCUT2D eigenvalue weighted by molar-refractivity contribution is 6.02. The standard InChI is InChI=1S/C14H16O7/c1-19-10(16)5-4-8-6-9(7-15)11(14(18)21-3)13(20-2)12(8)17/h6-7,17H,4-5H2,1-3H3. The van der Waals surface area contributed by atoms with Gasteiger partial charge in [-0.05, 0) is 18.1 Å². The van der Waals surface area contributed by atoms with Crippen molar-refractivity contribution in [2.75, 3.05) is 21.3 Å². The molecule has 7 heteroatoms. The SMILES string of the molecule is COC(=O)CCc1cc(C=O)c(C(=O)OC)c(OC)c1O. The average molecular weight is 296 g/mol. The van der Waals surface area contributed by atoms with Gasteiger partial charge in [0.2, 0.25) is 0 Å². The van der Waals surface area contributed by atoms with Crippen molar-refractivity contribution in [3.8, 4) is 11.5 Å². The first-order valence-electron chi connectivity index (χ1n) is 6.03. The summed E-state index contributed by atoms with van der Waals surface area (Å²) < 4.78 is 14.1. The summed E-state index contributed by atoms with van der Waals surface area (Å²) in [5, 5.41) is 10.1. The quantitative estimate of drug-likeness (QED) is 0.620. The van der Waals surface area contributed by atoms with Crippen molar-refractivity contribution in [1.82, 2.24) is 0 Å². The second-order valence-electron chi connectivity index (χ2n) is 4.07. The van der Waals surface area contributed by atoms with Gasteiger partial charge in [-0.3, -0.25) is 9.59 Å². The van der Waals surface area contributed by atoms with E-state index in [1.54, 1.807) is 0 Å². The van der Waals surface area contributed by atoms with Gasteiger partial charge in [-0.2, -0.15) is 0 Å². The lowest BCUT2D eigenvalue weighted by atomic mass is 9.99. The summed E-state index contributed by atoms with van der Waals surface area (Å²) in [6.07, 6.45) is 0.607. The molecule has 0 saturated heterocycles. The summed E-state index contributed by atoms with van der Waals surface area (Å²) in [6.45, 7) is 0. The number of methoxy groups -OCH3 is 3. The minimum Gasteiger partial charge on any atom is -0.504 e. The number of rotatable bonds is 6. The summed E-state index contributed by atoms with van der Waals surface area (Å²) in [5.41, 5.74) is 0.151. The van der Waals surface area contributed by atoms with Crippen LogP contribution in [0.25, 0.3) is 0 Å². The number of aromatic hydroxyl groups is 1. The number of benzene rings is 1. The van der Waals surface area contributed by atoms with Crippen molar-refractivity contribution >= 4 is 18.2 Å². The Balaban J connectivity index is 3.33. The Hall–Kier alpha value is -2.57. The third kappa shape index (κ3) is 3.50. The fourth-order valence-corrected chi connectivity index (χ4v) is 1.86. The fourth-order valence-electron chi connectivity index (χ4n) is 1.86. The van der Waals surface area contributed by atoms with Gasteiger partial charge in [0.05, 0.1) is 21.3 Å². The molecule has 1 N–H and O–H groups in total. The predicted molar refractivity (Wildman–Crippen MR) is 71.7 cm³/mol. The summed E-state index contributed by atoms with van der Waals surface area (Å²) in [7, 11) is 3.65. The van der Waals surface area contributed by atoms with Gasteiger partial charge in [-0.1, -0.05) is 0 Å². The smallest absolute Gasteiger partial charge is 0.342 e. The van der Waals surface area contributed by atoms with Crippen molar-refractivity contribution in [1.29, 1.82) is 0 Å². The number of hydrogen-bond donors (Lipinski definition) is 1. The number of phenols is 1. The molecule has 0 aromatic heterocycles. The first-order valence-corrected chi connectivity index (χ1v) is 6.03. The van der Waals surface area contributed by atoms with Crippen LogP contribution in [0.1, 0.15) is 32.7 Å². The largest absolute Gasteiger partial charge is 0.504 e. The predicted octanol–water partition coefficient (Wildman–Crippen LogP) is 1.11. The van der Waals surface area contributed by atoms with Crippen molar-refractivity contribution < 1.29 is 33.7 Å². The highest BCUT2D eigenvalue weighted by Gasteiger charge is 2.24. The topological polar surface area (TPSA) is 99.1 Å². The van der Waals surface area contributed by atoms with Crippen LogP contribution in [0.4, 0.5) is 0 Å². The van der Waals surface area contributed by atoms with E-state index >= 15 is 0 Å².